The molecular weight excluding hydrogens is 362 g/mol. The molecule has 6 heteroatoms. The van der Waals surface area contributed by atoms with E-state index in [0.29, 0.717) is 17.9 Å². The Morgan fingerprint density at radius 1 is 1.11 bits per heavy atom. The number of phenols is 1. The molecule has 27 heavy (non-hydrogen) atoms. The molecule has 1 aliphatic rings. The molecule has 1 atom stereocenters. The Morgan fingerprint density at radius 3 is 2.67 bits per heavy atom. The van der Waals surface area contributed by atoms with Crippen LogP contribution in [0.25, 0.3) is 11.1 Å². The van der Waals surface area contributed by atoms with Gasteiger partial charge in [0.05, 0.1) is 19.9 Å². The van der Waals surface area contributed by atoms with Crippen molar-refractivity contribution in [1.82, 2.24) is 0 Å². The molecule has 5 nitrogen and oxygen atoms in total. The van der Waals surface area contributed by atoms with Crippen molar-refractivity contribution in [2.45, 2.75) is 12.3 Å². The molecule has 0 aliphatic carbocycles. The van der Waals surface area contributed by atoms with Crippen molar-refractivity contribution in [2.75, 3.05) is 19.5 Å². The van der Waals surface area contributed by atoms with Gasteiger partial charge in [0, 0.05) is 28.2 Å². The maximum absolute atomic E-state index is 12.4. The van der Waals surface area contributed by atoms with Gasteiger partial charge in [0.1, 0.15) is 5.75 Å². The number of benzene rings is 2. The zero-order valence-electron chi connectivity index (χ0n) is 15.0. The Hall–Kier alpha value is -2.99. The van der Waals surface area contributed by atoms with Gasteiger partial charge in [0.25, 0.3) is 0 Å². The van der Waals surface area contributed by atoms with Crippen molar-refractivity contribution in [2.24, 2.45) is 0 Å². The van der Waals surface area contributed by atoms with E-state index in [9.17, 15) is 9.90 Å². The summed E-state index contributed by atoms with van der Waals surface area (Å²) in [5, 5.41) is 14.9. The first-order valence-corrected chi connectivity index (χ1v) is 9.41. The van der Waals surface area contributed by atoms with Crippen LogP contribution < -0.4 is 14.8 Å². The van der Waals surface area contributed by atoms with Gasteiger partial charge in [0.2, 0.25) is 5.91 Å². The summed E-state index contributed by atoms with van der Waals surface area (Å²) in [5.41, 5.74) is 3.67. The topological polar surface area (TPSA) is 67.8 Å². The number of anilines is 1. The average Bonchev–Trinajstić information content (AvgIpc) is 3.10. The molecule has 1 aromatic heterocycles. The van der Waals surface area contributed by atoms with E-state index in [1.807, 2.05) is 29.6 Å². The van der Waals surface area contributed by atoms with Gasteiger partial charge < -0.3 is 19.9 Å². The van der Waals surface area contributed by atoms with Crippen molar-refractivity contribution in [3.63, 3.8) is 0 Å². The molecule has 138 valence electrons. The number of hydrogen-bond acceptors (Lipinski definition) is 5. The Kier molecular flexibility index (Phi) is 4.49. The van der Waals surface area contributed by atoms with Crippen LogP contribution in [0, 0.1) is 0 Å². The first kappa shape index (κ1) is 17.4. The lowest BCUT2D eigenvalue weighted by Crippen LogP contribution is -2.22. The Labute approximate surface area is 161 Å². The summed E-state index contributed by atoms with van der Waals surface area (Å²) >= 11 is 1.61. The number of phenolic OH excluding ortho intramolecular Hbond substituents is 1. The van der Waals surface area contributed by atoms with E-state index in [1.165, 1.54) is 0 Å². The van der Waals surface area contributed by atoms with Crippen LogP contribution in [0.15, 0.2) is 47.8 Å². The zero-order chi connectivity index (χ0) is 19.0. The predicted octanol–water partition coefficient (Wildman–Crippen LogP) is 4.61. The van der Waals surface area contributed by atoms with Gasteiger partial charge in [-0.3, -0.25) is 4.79 Å². The van der Waals surface area contributed by atoms with Crippen LogP contribution in [-0.4, -0.2) is 25.2 Å². The Bertz CT molecular complexity index is 1010. The third kappa shape index (κ3) is 3.13. The fourth-order valence-electron chi connectivity index (χ4n) is 3.45. The van der Waals surface area contributed by atoms with E-state index in [4.69, 9.17) is 9.47 Å². The smallest absolute Gasteiger partial charge is 0.225 e. The van der Waals surface area contributed by atoms with Gasteiger partial charge in [-0.1, -0.05) is 18.2 Å². The number of methoxy groups -OCH3 is 2. The largest absolute Gasteiger partial charge is 0.508 e. The maximum Gasteiger partial charge on any atom is 0.225 e. The number of carbonyl (C=O) groups is 1. The van der Waals surface area contributed by atoms with Gasteiger partial charge in [-0.25, -0.2) is 0 Å². The molecule has 2 N–H and O–H groups in total. The minimum absolute atomic E-state index is 0.0315. The van der Waals surface area contributed by atoms with Gasteiger partial charge in [-0.2, -0.15) is 0 Å². The first-order chi connectivity index (χ1) is 13.1. The van der Waals surface area contributed by atoms with E-state index in [-0.39, 0.29) is 17.6 Å². The highest BCUT2D eigenvalue weighted by atomic mass is 32.1. The summed E-state index contributed by atoms with van der Waals surface area (Å²) in [4.78, 5) is 13.5. The number of fused-ring (bicyclic) bond motifs is 1. The Balaban J connectivity index is 1.80. The molecule has 0 unspecified atom stereocenters. The van der Waals surface area contributed by atoms with Crippen LogP contribution in [0.5, 0.6) is 17.2 Å². The molecule has 0 saturated heterocycles. The van der Waals surface area contributed by atoms with Crippen molar-refractivity contribution in [1.29, 1.82) is 0 Å². The number of carbonyl (C=O) groups excluding carboxylic acids is 1. The third-order valence-corrected chi connectivity index (χ3v) is 5.85. The maximum atomic E-state index is 12.4. The van der Waals surface area contributed by atoms with E-state index >= 15 is 0 Å². The number of amides is 1. The van der Waals surface area contributed by atoms with Crippen LogP contribution >= 0.6 is 11.3 Å². The number of hydrogen-bond donors (Lipinski definition) is 2. The van der Waals surface area contributed by atoms with E-state index in [2.05, 4.69) is 5.32 Å². The van der Waals surface area contributed by atoms with Crippen LogP contribution in [0.2, 0.25) is 0 Å². The number of ether oxygens (including phenoxy) is 2. The van der Waals surface area contributed by atoms with Gasteiger partial charge >= 0.3 is 0 Å². The summed E-state index contributed by atoms with van der Waals surface area (Å²) in [7, 11) is 3.20. The van der Waals surface area contributed by atoms with Gasteiger partial charge in [-0.15, -0.1) is 11.3 Å². The summed E-state index contributed by atoms with van der Waals surface area (Å²) in [5.74, 6) is 1.40. The molecular formula is C21H19NO4S. The summed E-state index contributed by atoms with van der Waals surface area (Å²) in [6.45, 7) is 0. The number of rotatable bonds is 4. The van der Waals surface area contributed by atoms with Gasteiger partial charge in [0.15, 0.2) is 11.5 Å². The van der Waals surface area contributed by atoms with E-state index in [1.54, 1.807) is 43.8 Å². The molecule has 0 bridgehead atoms. The standard InChI is InChI=1S/C21H19NO4S/c1-25-17-7-6-13(9-18(17)26-2)16-11-27-21-15(10-19(24)22-20(16)21)12-4-3-5-14(23)8-12/h3-9,11,15,23H,10H2,1-2H3,(H,22,24)/t15-/m1/s1. The highest BCUT2D eigenvalue weighted by Gasteiger charge is 2.30. The Morgan fingerprint density at radius 2 is 1.93 bits per heavy atom. The highest BCUT2D eigenvalue weighted by molar-refractivity contribution is 7.11. The lowest BCUT2D eigenvalue weighted by molar-refractivity contribution is -0.116. The summed E-state index contributed by atoms with van der Waals surface area (Å²) < 4.78 is 10.7. The van der Waals surface area contributed by atoms with Crippen LogP contribution in [0.1, 0.15) is 22.8 Å². The molecule has 0 radical (unpaired) electrons. The molecule has 3 aromatic rings. The van der Waals surface area contributed by atoms with Crippen LogP contribution in [0.3, 0.4) is 0 Å². The monoisotopic (exact) mass is 381 g/mol. The predicted molar refractivity (Wildman–Crippen MR) is 106 cm³/mol. The molecule has 0 saturated carbocycles. The van der Waals surface area contributed by atoms with Crippen molar-refractivity contribution >= 4 is 22.9 Å². The second kappa shape index (κ2) is 6.96. The minimum Gasteiger partial charge on any atom is -0.508 e. The average molecular weight is 381 g/mol. The van der Waals surface area contributed by atoms with Crippen molar-refractivity contribution < 1.29 is 19.4 Å². The minimum atomic E-state index is -0.0697. The second-order valence-corrected chi connectivity index (χ2v) is 7.27. The zero-order valence-corrected chi connectivity index (χ0v) is 15.8. The molecule has 4 rings (SSSR count). The van der Waals surface area contributed by atoms with Gasteiger partial charge in [-0.05, 0) is 35.4 Å². The fourth-order valence-corrected chi connectivity index (χ4v) is 4.62. The third-order valence-electron chi connectivity index (χ3n) is 4.76. The van der Waals surface area contributed by atoms with Crippen LogP contribution in [0.4, 0.5) is 5.69 Å². The highest BCUT2D eigenvalue weighted by Crippen LogP contribution is 2.47. The normalized spacial score (nSPS) is 15.8. The number of nitrogens with one attached hydrogen (secondary N) is 1. The molecule has 2 aromatic carbocycles. The molecule has 2 heterocycles. The van der Waals surface area contributed by atoms with Crippen molar-refractivity contribution in [3.05, 3.63) is 58.3 Å². The van der Waals surface area contributed by atoms with E-state index < -0.39 is 0 Å². The summed E-state index contributed by atoms with van der Waals surface area (Å²) in [6, 6.07) is 12.8. The van der Waals surface area contributed by atoms with E-state index in [0.717, 1.165) is 27.3 Å². The fraction of sp³-hybridized carbons (Fsp3) is 0.190. The lowest BCUT2D eigenvalue weighted by Gasteiger charge is -2.24. The molecule has 0 spiro atoms. The summed E-state index contributed by atoms with van der Waals surface area (Å²) in [6.07, 6.45) is 0.363. The number of thiophene rings is 1. The quantitative estimate of drug-likeness (QED) is 0.692. The van der Waals surface area contributed by atoms with Crippen LogP contribution in [-0.2, 0) is 4.79 Å². The first-order valence-electron chi connectivity index (χ1n) is 8.53. The molecule has 0 fully saturated rings. The van der Waals surface area contributed by atoms with Crippen molar-refractivity contribution in [3.8, 4) is 28.4 Å². The second-order valence-electron chi connectivity index (χ2n) is 6.36. The molecule has 1 aliphatic heterocycles. The SMILES string of the molecule is COc1ccc(-c2csc3c2NC(=O)C[C@@H]3c2cccc(O)c2)cc1OC. The molecule has 1 amide bonds. The number of aromatic hydroxyl groups is 1. The lowest BCUT2D eigenvalue weighted by atomic mass is 9.89.